The molecule has 0 amide bonds. The zero-order valence-electron chi connectivity index (χ0n) is 21.4. The third-order valence-corrected chi connectivity index (χ3v) is 8.27. The van der Waals surface area contributed by atoms with E-state index in [1.807, 2.05) is 0 Å². The average molecular weight is 463 g/mol. The van der Waals surface area contributed by atoms with Gasteiger partial charge in [0.15, 0.2) is 0 Å². The van der Waals surface area contributed by atoms with Gasteiger partial charge in [-0.2, -0.15) is 0 Å². The number of hydrogen-bond acceptors (Lipinski definition) is 2. The molecule has 0 bridgehead atoms. The van der Waals surface area contributed by atoms with E-state index in [1.54, 1.807) is 0 Å². The Morgan fingerprint density at radius 2 is 0.943 bits per heavy atom. The highest BCUT2D eigenvalue weighted by Crippen LogP contribution is 2.31. The zero-order valence-corrected chi connectivity index (χ0v) is 21.4. The van der Waals surface area contributed by atoms with Gasteiger partial charge in [0.1, 0.15) is 0 Å². The van der Waals surface area contributed by atoms with Crippen molar-refractivity contribution in [2.24, 2.45) is 0 Å². The van der Waals surface area contributed by atoms with Crippen LogP contribution in [0.2, 0.25) is 0 Å². The molecule has 6 rings (SSSR count). The summed E-state index contributed by atoms with van der Waals surface area (Å²) in [4.78, 5) is 5.13. The van der Waals surface area contributed by atoms with Crippen LogP contribution in [-0.2, 0) is 6.42 Å². The first-order chi connectivity index (χ1) is 17.1. The summed E-state index contributed by atoms with van der Waals surface area (Å²) in [5.41, 5.74) is 8.38. The Kier molecular flexibility index (Phi) is 6.14. The van der Waals surface area contributed by atoms with Crippen molar-refractivity contribution in [2.45, 2.75) is 58.8 Å². The van der Waals surface area contributed by atoms with Crippen molar-refractivity contribution >= 4 is 32.9 Å². The summed E-state index contributed by atoms with van der Waals surface area (Å²) >= 11 is 0. The van der Waals surface area contributed by atoms with Crippen LogP contribution < -0.4 is 9.80 Å². The van der Waals surface area contributed by atoms with E-state index in [0.717, 1.165) is 6.42 Å². The van der Waals surface area contributed by atoms with Crippen molar-refractivity contribution in [3.8, 4) is 0 Å². The normalized spacial score (nSPS) is 16.9. The first-order valence-electron chi connectivity index (χ1n) is 13.7. The molecule has 2 aliphatic heterocycles. The predicted octanol–water partition coefficient (Wildman–Crippen LogP) is 8.18. The number of piperidine rings is 2. The van der Waals surface area contributed by atoms with E-state index >= 15 is 0 Å². The Labute approximate surface area is 210 Å². The van der Waals surface area contributed by atoms with Crippen LogP contribution in [0.5, 0.6) is 0 Å². The summed E-state index contributed by atoms with van der Waals surface area (Å²) in [7, 11) is 0. The van der Waals surface area contributed by atoms with Gasteiger partial charge in [0, 0.05) is 37.6 Å². The SMILES string of the molecule is Cc1cc(N2CCCCC2)cc2ccc(Cc3ccc4cc(N5CCCCC5)cc(C)c4c3)cc12. The third kappa shape index (κ3) is 4.63. The molecule has 180 valence electrons. The molecular weight excluding hydrogens is 424 g/mol. The second-order valence-corrected chi connectivity index (χ2v) is 10.9. The summed E-state index contributed by atoms with van der Waals surface area (Å²) in [6, 6.07) is 23.8. The van der Waals surface area contributed by atoms with Crippen LogP contribution >= 0.6 is 0 Å². The predicted molar refractivity (Wildman–Crippen MR) is 152 cm³/mol. The molecule has 2 aliphatic rings. The van der Waals surface area contributed by atoms with Crippen LogP contribution in [0.15, 0.2) is 60.7 Å². The van der Waals surface area contributed by atoms with Crippen molar-refractivity contribution in [2.75, 3.05) is 36.0 Å². The minimum atomic E-state index is 0.979. The van der Waals surface area contributed by atoms with Crippen molar-refractivity contribution < 1.29 is 0 Å². The van der Waals surface area contributed by atoms with Gasteiger partial charge in [0.05, 0.1) is 0 Å². The molecule has 0 atom stereocenters. The minimum Gasteiger partial charge on any atom is -0.372 e. The molecule has 2 saturated heterocycles. The fraction of sp³-hybridized carbons (Fsp3) is 0.394. The van der Waals surface area contributed by atoms with Crippen LogP contribution in [0.3, 0.4) is 0 Å². The maximum absolute atomic E-state index is 2.57. The maximum Gasteiger partial charge on any atom is 0.0375 e. The van der Waals surface area contributed by atoms with E-state index in [9.17, 15) is 0 Å². The van der Waals surface area contributed by atoms with Gasteiger partial charge >= 0.3 is 0 Å². The largest absolute Gasteiger partial charge is 0.372 e. The molecule has 0 radical (unpaired) electrons. The molecule has 35 heavy (non-hydrogen) atoms. The Hall–Kier alpha value is -3.00. The summed E-state index contributed by atoms with van der Waals surface area (Å²) in [5, 5.41) is 5.53. The van der Waals surface area contributed by atoms with Crippen LogP contribution in [-0.4, -0.2) is 26.2 Å². The van der Waals surface area contributed by atoms with Gasteiger partial charge in [0.25, 0.3) is 0 Å². The molecule has 4 aromatic carbocycles. The minimum absolute atomic E-state index is 0.979. The monoisotopic (exact) mass is 462 g/mol. The Bertz CT molecular complexity index is 1250. The summed E-state index contributed by atoms with van der Waals surface area (Å²) in [6.45, 7) is 9.35. The van der Waals surface area contributed by atoms with Crippen molar-refractivity contribution in [1.82, 2.24) is 0 Å². The summed E-state index contributed by atoms with van der Waals surface area (Å²) < 4.78 is 0. The molecule has 0 saturated carbocycles. The number of anilines is 2. The maximum atomic E-state index is 2.57. The Balaban J connectivity index is 1.26. The molecule has 0 aliphatic carbocycles. The van der Waals surface area contributed by atoms with E-state index in [0.29, 0.717) is 0 Å². The third-order valence-electron chi connectivity index (χ3n) is 8.27. The molecular formula is C33H38N2. The molecule has 4 aromatic rings. The molecule has 0 unspecified atom stereocenters. The fourth-order valence-corrected chi connectivity index (χ4v) is 6.27. The number of aryl methyl sites for hydroxylation is 2. The van der Waals surface area contributed by atoms with Crippen LogP contribution in [0.25, 0.3) is 21.5 Å². The second kappa shape index (κ2) is 9.57. The van der Waals surface area contributed by atoms with E-state index in [-0.39, 0.29) is 0 Å². The van der Waals surface area contributed by atoms with Crippen molar-refractivity contribution in [1.29, 1.82) is 0 Å². The smallest absolute Gasteiger partial charge is 0.0375 e. The van der Waals surface area contributed by atoms with Gasteiger partial charge in [-0.15, -0.1) is 0 Å². The lowest BCUT2D eigenvalue weighted by molar-refractivity contribution is 0.578. The zero-order chi connectivity index (χ0) is 23.8. The average Bonchev–Trinajstić information content (AvgIpc) is 2.90. The highest BCUT2D eigenvalue weighted by Gasteiger charge is 2.14. The summed E-state index contributed by atoms with van der Waals surface area (Å²) in [5.74, 6) is 0. The molecule has 2 heterocycles. The number of nitrogens with zero attached hydrogens (tertiary/aromatic N) is 2. The van der Waals surface area contributed by atoms with Crippen LogP contribution in [0.1, 0.15) is 60.8 Å². The number of fused-ring (bicyclic) bond motifs is 2. The number of benzene rings is 4. The van der Waals surface area contributed by atoms with Gasteiger partial charge in [-0.05, 0) is 127 Å². The van der Waals surface area contributed by atoms with E-state index in [1.165, 1.54) is 120 Å². The second-order valence-electron chi connectivity index (χ2n) is 10.9. The quantitative estimate of drug-likeness (QED) is 0.302. The first-order valence-corrected chi connectivity index (χ1v) is 13.7. The van der Waals surface area contributed by atoms with E-state index < -0.39 is 0 Å². The fourth-order valence-electron chi connectivity index (χ4n) is 6.27. The lowest BCUT2D eigenvalue weighted by Crippen LogP contribution is -2.29. The number of hydrogen-bond donors (Lipinski definition) is 0. The lowest BCUT2D eigenvalue weighted by atomic mass is 9.95. The Morgan fingerprint density at radius 3 is 1.37 bits per heavy atom. The lowest BCUT2D eigenvalue weighted by Gasteiger charge is -2.29. The van der Waals surface area contributed by atoms with Gasteiger partial charge in [-0.3, -0.25) is 0 Å². The molecule has 2 heteroatoms. The van der Waals surface area contributed by atoms with Crippen molar-refractivity contribution in [3.05, 3.63) is 82.9 Å². The van der Waals surface area contributed by atoms with Gasteiger partial charge in [-0.25, -0.2) is 0 Å². The molecule has 0 spiro atoms. The molecule has 0 N–H and O–H groups in total. The number of rotatable bonds is 4. The molecule has 2 fully saturated rings. The highest BCUT2D eigenvalue weighted by molar-refractivity contribution is 5.91. The van der Waals surface area contributed by atoms with Gasteiger partial charge in [0.2, 0.25) is 0 Å². The van der Waals surface area contributed by atoms with Crippen LogP contribution in [0.4, 0.5) is 11.4 Å². The van der Waals surface area contributed by atoms with Gasteiger partial charge < -0.3 is 9.80 Å². The van der Waals surface area contributed by atoms with E-state index in [2.05, 4.69) is 84.3 Å². The highest BCUT2D eigenvalue weighted by atomic mass is 15.1. The van der Waals surface area contributed by atoms with E-state index in [4.69, 9.17) is 0 Å². The molecule has 2 nitrogen and oxygen atoms in total. The first kappa shape index (κ1) is 22.5. The molecule has 0 aromatic heterocycles. The van der Waals surface area contributed by atoms with Crippen LogP contribution in [0, 0.1) is 13.8 Å². The van der Waals surface area contributed by atoms with Crippen molar-refractivity contribution in [3.63, 3.8) is 0 Å². The standard InChI is InChI=1S/C33H38N2/c1-24-17-30(34-13-5-3-6-14-34)22-28-11-9-26(20-32(24)28)19-27-10-12-29-23-31(18-25(2)33(29)21-27)35-15-7-4-8-16-35/h9-12,17-18,20-23H,3-8,13-16,19H2,1-2H3. The van der Waals surface area contributed by atoms with Gasteiger partial charge in [-0.1, -0.05) is 36.4 Å². The topological polar surface area (TPSA) is 6.48 Å². The Morgan fingerprint density at radius 1 is 0.514 bits per heavy atom. The summed E-state index contributed by atoms with van der Waals surface area (Å²) in [6.07, 6.45) is 9.01.